The molecule has 1 aromatic rings. The summed E-state index contributed by atoms with van der Waals surface area (Å²) in [5.74, 6) is 1.52. The van der Waals surface area contributed by atoms with Gasteiger partial charge >= 0.3 is 0 Å². The van der Waals surface area contributed by atoms with Crippen LogP contribution in [0.2, 0.25) is 0 Å². The molecule has 0 fully saturated rings. The fraction of sp³-hybridized carbons (Fsp3) is 0.625. The Morgan fingerprint density at radius 3 is 2.37 bits per heavy atom. The lowest BCUT2D eigenvalue weighted by Crippen LogP contribution is -2.32. The van der Waals surface area contributed by atoms with Gasteiger partial charge in [0, 0.05) is 6.54 Å². The summed E-state index contributed by atoms with van der Waals surface area (Å²) in [6.07, 6.45) is 0.665. The molecule has 0 bridgehead atoms. The first-order valence-corrected chi connectivity index (χ1v) is 7.07. The molecule has 3 nitrogen and oxygen atoms in total. The SMILES string of the molecule is Cc1cc(C)cc(OCC(O)CNCCC(C)C)c1. The van der Waals surface area contributed by atoms with Gasteiger partial charge in [0.05, 0.1) is 0 Å². The van der Waals surface area contributed by atoms with Crippen molar-refractivity contribution in [2.45, 2.75) is 40.2 Å². The lowest BCUT2D eigenvalue weighted by Gasteiger charge is -2.14. The summed E-state index contributed by atoms with van der Waals surface area (Å²) < 4.78 is 5.62. The monoisotopic (exact) mass is 265 g/mol. The van der Waals surface area contributed by atoms with Crippen molar-refractivity contribution in [3.05, 3.63) is 29.3 Å². The molecule has 0 aliphatic rings. The van der Waals surface area contributed by atoms with E-state index in [-0.39, 0.29) is 0 Å². The molecule has 1 atom stereocenters. The molecule has 0 saturated heterocycles. The van der Waals surface area contributed by atoms with Gasteiger partial charge in [0.15, 0.2) is 0 Å². The molecule has 0 aromatic heterocycles. The summed E-state index contributed by atoms with van der Waals surface area (Å²) in [5.41, 5.74) is 2.36. The van der Waals surface area contributed by atoms with Crippen molar-refractivity contribution in [3.8, 4) is 5.75 Å². The Morgan fingerprint density at radius 1 is 1.16 bits per heavy atom. The molecular weight excluding hydrogens is 238 g/mol. The Morgan fingerprint density at radius 2 is 1.79 bits per heavy atom. The van der Waals surface area contributed by atoms with Gasteiger partial charge in [0.2, 0.25) is 0 Å². The van der Waals surface area contributed by atoms with Crippen LogP contribution in [-0.2, 0) is 0 Å². The summed E-state index contributed by atoms with van der Waals surface area (Å²) >= 11 is 0. The first-order valence-electron chi connectivity index (χ1n) is 7.07. The molecule has 0 spiro atoms. The van der Waals surface area contributed by atoms with Gasteiger partial charge in [-0.05, 0) is 56.0 Å². The molecule has 1 unspecified atom stereocenters. The molecular formula is C16H27NO2. The van der Waals surface area contributed by atoms with Gasteiger partial charge in [-0.1, -0.05) is 19.9 Å². The van der Waals surface area contributed by atoms with Gasteiger partial charge in [-0.15, -0.1) is 0 Å². The minimum atomic E-state index is -0.465. The van der Waals surface area contributed by atoms with Crippen molar-refractivity contribution in [3.63, 3.8) is 0 Å². The third-order valence-corrected chi connectivity index (χ3v) is 2.92. The minimum Gasteiger partial charge on any atom is -0.491 e. The predicted molar refractivity (Wildman–Crippen MR) is 79.7 cm³/mol. The van der Waals surface area contributed by atoms with Crippen LogP contribution >= 0.6 is 0 Å². The van der Waals surface area contributed by atoms with Crippen molar-refractivity contribution in [1.29, 1.82) is 0 Å². The number of aliphatic hydroxyl groups excluding tert-OH is 1. The second-order valence-corrected chi connectivity index (χ2v) is 5.67. The summed E-state index contributed by atoms with van der Waals surface area (Å²) in [5, 5.41) is 13.1. The van der Waals surface area contributed by atoms with Crippen LogP contribution in [0, 0.1) is 19.8 Å². The van der Waals surface area contributed by atoms with E-state index in [1.54, 1.807) is 0 Å². The molecule has 0 heterocycles. The van der Waals surface area contributed by atoms with E-state index in [0.29, 0.717) is 19.1 Å². The third kappa shape index (κ3) is 7.19. The van der Waals surface area contributed by atoms with Crippen LogP contribution < -0.4 is 10.1 Å². The average molecular weight is 265 g/mol. The highest BCUT2D eigenvalue weighted by atomic mass is 16.5. The lowest BCUT2D eigenvalue weighted by atomic mass is 10.1. The molecule has 108 valence electrons. The molecule has 2 N–H and O–H groups in total. The Balaban J connectivity index is 2.24. The Hall–Kier alpha value is -1.06. The largest absolute Gasteiger partial charge is 0.491 e. The van der Waals surface area contributed by atoms with Crippen molar-refractivity contribution in [1.82, 2.24) is 5.32 Å². The van der Waals surface area contributed by atoms with E-state index in [4.69, 9.17) is 4.74 Å². The van der Waals surface area contributed by atoms with Crippen LogP contribution in [0.25, 0.3) is 0 Å². The Kier molecular flexibility index (Phi) is 6.89. The molecule has 0 radical (unpaired) electrons. The van der Waals surface area contributed by atoms with Crippen LogP contribution in [0.15, 0.2) is 18.2 Å². The van der Waals surface area contributed by atoms with Crippen LogP contribution in [0.1, 0.15) is 31.4 Å². The van der Waals surface area contributed by atoms with Gasteiger partial charge < -0.3 is 15.2 Å². The first-order chi connectivity index (χ1) is 8.97. The highest BCUT2D eigenvalue weighted by Gasteiger charge is 2.05. The molecule has 1 aromatic carbocycles. The van der Waals surface area contributed by atoms with Crippen LogP contribution in [0.5, 0.6) is 5.75 Å². The molecule has 19 heavy (non-hydrogen) atoms. The van der Waals surface area contributed by atoms with Gasteiger partial charge in [0.1, 0.15) is 18.5 Å². The summed E-state index contributed by atoms with van der Waals surface area (Å²) in [6, 6.07) is 6.09. The Bertz CT molecular complexity index is 357. The highest BCUT2D eigenvalue weighted by Crippen LogP contribution is 2.16. The lowest BCUT2D eigenvalue weighted by molar-refractivity contribution is 0.106. The fourth-order valence-electron chi connectivity index (χ4n) is 1.93. The number of nitrogens with one attached hydrogen (secondary N) is 1. The predicted octanol–water partition coefficient (Wildman–Crippen LogP) is 2.68. The quantitative estimate of drug-likeness (QED) is 0.710. The van der Waals surface area contributed by atoms with Crippen molar-refractivity contribution < 1.29 is 9.84 Å². The first kappa shape index (κ1) is 16.0. The van der Waals surface area contributed by atoms with Gasteiger partial charge in [0.25, 0.3) is 0 Å². The number of rotatable bonds is 8. The van der Waals surface area contributed by atoms with E-state index in [1.165, 1.54) is 11.1 Å². The molecule has 0 aliphatic carbocycles. The van der Waals surface area contributed by atoms with Crippen molar-refractivity contribution >= 4 is 0 Å². The fourth-order valence-corrected chi connectivity index (χ4v) is 1.93. The zero-order chi connectivity index (χ0) is 14.3. The highest BCUT2D eigenvalue weighted by molar-refractivity contribution is 5.32. The smallest absolute Gasteiger partial charge is 0.119 e. The number of hydrogen-bond donors (Lipinski definition) is 2. The Labute approximate surface area is 117 Å². The van der Waals surface area contributed by atoms with E-state index in [9.17, 15) is 5.11 Å². The van der Waals surface area contributed by atoms with Gasteiger partial charge in [-0.25, -0.2) is 0 Å². The van der Waals surface area contributed by atoms with E-state index < -0.39 is 6.10 Å². The molecule has 0 amide bonds. The van der Waals surface area contributed by atoms with Gasteiger partial charge in [-0.2, -0.15) is 0 Å². The molecule has 3 heteroatoms. The number of hydrogen-bond acceptors (Lipinski definition) is 3. The second kappa shape index (κ2) is 8.18. The third-order valence-electron chi connectivity index (χ3n) is 2.92. The van der Waals surface area contributed by atoms with E-state index in [1.807, 2.05) is 26.0 Å². The zero-order valence-corrected chi connectivity index (χ0v) is 12.6. The van der Waals surface area contributed by atoms with E-state index in [0.717, 1.165) is 18.7 Å². The number of ether oxygens (including phenoxy) is 1. The topological polar surface area (TPSA) is 41.5 Å². The van der Waals surface area contributed by atoms with Crippen molar-refractivity contribution in [2.75, 3.05) is 19.7 Å². The summed E-state index contributed by atoms with van der Waals surface area (Å²) in [4.78, 5) is 0. The number of aryl methyl sites for hydroxylation is 2. The number of aliphatic hydroxyl groups is 1. The summed E-state index contributed by atoms with van der Waals surface area (Å²) in [6.45, 7) is 10.3. The normalized spacial score (nSPS) is 12.7. The maximum Gasteiger partial charge on any atom is 0.119 e. The maximum absolute atomic E-state index is 9.83. The second-order valence-electron chi connectivity index (χ2n) is 5.67. The van der Waals surface area contributed by atoms with E-state index in [2.05, 4.69) is 25.2 Å². The average Bonchev–Trinajstić information content (AvgIpc) is 2.31. The van der Waals surface area contributed by atoms with Crippen LogP contribution in [-0.4, -0.2) is 30.9 Å². The van der Waals surface area contributed by atoms with Gasteiger partial charge in [-0.3, -0.25) is 0 Å². The standard InChI is InChI=1S/C16H27NO2/c1-12(2)5-6-17-10-15(18)11-19-16-8-13(3)7-14(4)9-16/h7-9,12,15,17-18H,5-6,10-11H2,1-4H3. The van der Waals surface area contributed by atoms with Crippen LogP contribution in [0.4, 0.5) is 0 Å². The molecule has 0 saturated carbocycles. The maximum atomic E-state index is 9.83. The molecule has 1 rings (SSSR count). The minimum absolute atomic E-state index is 0.331. The van der Waals surface area contributed by atoms with Crippen LogP contribution in [0.3, 0.4) is 0 Å². The summed E-state index contributed by atoms with van der Waals surface area (Å²) in [7, 11) is 0. The zero-order valence-electron chi connectivity index (χ0n) is 12.6. The van der Waals surface area contributed by atoms with Crippen molar-refractivity contribution in [2.24, 2.45) is 5.92 Å². The molecule has 0 aliphatic heterocycles. The number of benzene rings is 1. The van der Waals surface area contributed by atoms with E-state index >= 15 is 0 Å².